The zero-order valence-corrected chi connectivity index (χ0v) is 12.3. The number of nitrogens with two attached hydrogens (primary N) is 1. The number of hydrogen-bond donors (Lipinski definition) is 3. The first-order valence-electron chi connectivity index (χ1n) is 6.80. The second-order valence-corrected chi connectivity index (χ2v) is 4.91. The third-order valence-electron chi connectivity index (χ3n) is 3.36. The number of hydrogen-bond acceptors (Lipinski definition) is 4. The van der Waals surface area contributed by atoms with E-state index in [0.717, 1.165) is 5.56 Å². The van der Waals surface area contributed by atoms with Crippen molar-refractivity contribution in [2.75, 3.05) is 13.7 Å². The Hall–Kier alpha value is -1.92. The number of methoxy groups -OCH3 is 1. The van der Waals surface area contributed by atoms with Crippen molar-refractivity contribution in [3.05, 3.63) is 35.9 Å². The van der Waals surface area contributed by atoms with E-state index in [1.807, 2.05) is 30.3 Å². The number of nitrogens with one attached hydrogen (secondary N) is 1. The van der Waals surface area contributed by atoms with Gasteiger partial charge in [0.05, 0.1) is 5.92 Å². The summed E-state index contributed by atoms with van der Waals surface area (Å²) in [5.74, 6) is -1.99. The van der Waals surface area contributed by atoms with Gasteiger partial charge < -0.3 is 20.9 Å². The minimum absolute atomic E-state index is 0.213. The Morgan fingerprint density at radius 2 is 1.95 bits per heavy atom. The molecule has 0 saturated heterocycles. The lowest BCUT2D eigenvalue weighted by molar-refractivity contribution is -0.143. The van der Waals surface area contributed by atoms with Crippen LogP contribution in [0.4, 0.5) is 0 Å². The Bertz CT molecular complexity index is 464. The number of rotatable bonds is 8. The van der Waals surface area contributed by atoms with Crippen molar-refractivity contribution in [2.45, 2.75) is 25.4 Å². The lowest BCUT2D eigenvalue weighted by Crippen LogP contribution is -2.45. The SMILES string of the molecule is COCCC(NC(=O)C(C)C(N)c1ccccc1)C(=O)O. The van der Waals surface area contributed by atoms with Crippen LogP contribution in [0.2, 0.25) is 0 Å². The molecule has 0 aromatic heterocycles. The zero-order chi connectivity index (χ0) is 15.8. The highest BCUT2D eigenvalue weighted by atomic mass is 16.5. The quantitative estimate of drug-likeness (QED) is 0.662. The number of carbonyl (C=O) groups is 2. The van der Waals surface area contributed by atoms with Crippen LogP contribution in [0.1, 0.15) is 24.9 Å². The van der Waals surface area contributed by atoms with E-state index < -0.39 is 24.0 Å². The van der Waals surface area contributed by atoms with Crippen molar-refractivity contribution in [3.8, 4) is 0 Å². The van der Waals surface area contributed by atoms with Gasteiger partial charge in [-0.15, -0.1) is 0 Å². The highest BCUT2D eigenvalue weighted by Gasteiger charge is 2.26. The van der Waals surface area contributed by atoms with E-state index in [1.54, 1.807) is 6.92 Å². The molecule has 4 N–H and O–H groups in total. The number of amides is 1. The van der Waals surface area contributed by atoms with Crippen LogP contribution in [0.25, 0.3) is 0 Å². The highest BCUT2D eigenvalue weighted by molar-refractivity contribution is 5.85. The Morgan fingerprint density at radius 3 is 2.48 bits per heavy atom. The topological polar surface area (TPSA) is 102 Å². The van der Waals surface area contributed by atoms with E-state index >= 15 is 0 Å². The summed E-state index contributed by atoms with van der Waals surface area (Å²) < 4.78 is 4.84. The molecule has 0 heterocycles. The first kappa shape index (κ1) is 17.1. The van der Waals surface area contributed by atoms with Crippen LogP contribution < -0.4 is 11.1 Å². The molecule has 0 aliphatic heterocycles. The predicted molar refractivity (Wildman–Crippen MR) is 78.6 cm³/mol. The van der Waals surface area contributed by atoms with Gasteiger partial charge in [-0.05, 0) is 5.56 Å². The Kier molecular flexibility index (Phi) is 6.84. The third kappa shape index (κ3) is 5.17. The lowest BCUT2D eigenvalue weighted by Gasteiger charge is -2.22. The summed E-state index contributed by atoms with van der Waals surface area (Å²) in [6.07, 6.45) is 0.213. The molecule has 116 valence electrons. The number of carboxylic acids is 1. The smallest absolute Gasteiger partial charge is 0.326 e. The second kappa shape index (κ2) is 8.39. The molecule has 21 heavy (non-hydrogen) atoms. The van der Waals surface area contributed by atoms with Crippen molar-refractivity contribution in [2.24, 2.45) is 11.7 Å². The molecule has 0 radical (unpaired) electrons. The molecule has 1 aromatic rings. The molecule has 6 nitrogen and oxygen atoms in total. The van der Waals surface area contributed by atoms with Gasteiger partial charge in [0.2, 0.25) is 5.91 Å². The normalized spacial score (nSPS) is 15.0. The second-order valence-electron chi connectivity index (χ2n) is 4.91. The maximum atomic E-state index is 12.1. The lowest BCUT2D eigenvalue weighted by atomic mass is 9.94. The van der Waals surface area contributed by atoms with Crippen LogP contribution in [0, 0.1) is 5.92 Å². The molecule has 0 spiro atoms. The summed E-state index contributed by atoms with van der Waals surface area (Å²) in [7, 11) is 1.48. The largest absolute Gasteiger partial charge is 0.480 e. The Labute approximate surface area is 124 Å². The van der Waals surface area contributed by atoms with Crippen molar-refractivity contribution in [3.63, 3.8) is 0 Å². The maximum Gasteiger partial charge on any atom is 0.326 e. The summed E-state index contributed by atoms with van der Waals surface area (Å²) in [4.78, 5) is 23.2. The summed E-state index contributed by atoms with van der Waals surface area (Å²) in [6, 6.07) is 7.79. The first-order chi connectivity index (χ1) is 9.97. The van der Waals surface area contributed by atoms with Gasteiger partial charge in [0, 0.05) is 26.2 Å². The molecule has 1 rings (SSSR count). The number of aliphatic carboxylic acids is 1. The fraction of sp³-hybridized carbons (Fsp3) is 0.467. The zero-order valence-electron chi connectivity index (χ0n) is 12.3. The van der Waals surface area contributed by atoms with Crippen LogP contribution in [0.15, 0.2) is 30.3 Å². The van der Waals surface area contributed by atoms with Crippen molar-refractivity contribution in [1.82, 2.24) is 5.32 Å². The predicted octanol–water partition coefficient (Wildman–Crippen LogP) is 0.928. The fourth-order valence-corrected chi connectivity index (χ4v) is 1.92. The highest BCUT2D eigenvalue weighted by Crippen LogP contribution is 2.19. The van der Waals surface area contributed by atoms with Crippen LogP contribution in [-0.4, -0.2) is 36.7 Å². The van der Waals surface area contributed by atoms with E-state index in [0.29, 0.717) is 0 Å². The van der Waals surface area contributed by atoms with Gasteiger partial charge >= 0.3 is 5.97 Å². The summed E-state index contributed by atoms with van der Waals surface area (Å²) >= 11 is 0. The molecule has 1 amide bonds. The summed E-state index contributed by atoms with van der Waals surface area (Å²) in [5, 5.41) is 11.6. The van der Waals surface area contributed by atoms with Crippen molar-refractivity contribution >= 4 is 11.9 Å². The number of carbonyl (C=O) groups excluding carboxylic acids is 1. The minimum Gasteiger partial charge on any atom is -0.480 e. The van der Waals surface area contributed by atoms with Gasteiger partial charge in [0.1, 0.15) is 6.04 Å². The van der Waals surface area contributed by atoms with E-state index in [1.165, 1.54) is 7.11 Å². The van der Waals surface area contributed by atoms with Gasteiger partial charge in [-0.2, -0.15) is 0 Å². The summed E-state index contributed by atoms with van der Waals surface area (Å²) in [6.45, 7) is 1.94. The maximum absolute atomic E-state index is 12.1. The van der Waals surface area contributed by atoms with Gasteiger partial charge in [0.25, 0.3) is 0 Å². The Balaban J connectivity index is 2.66. The monoisotopic (exact) mass is 294 g/mol. The molecule has 6 heteroatoms. The standard InChI is InChI=1S/C15H22N2O4/c1-10(13(16)11-6-4-3-5-7-11)14(18)17-12(15(19)20)8-9-21-2/h3-7,10,12-13H,8-9,16H2,1-2H3,(H,17,18)(H,19,20). The van der Waals surface area contributed by atoms with Gasteiger partial charge in [-0.3, -0.25) is 4.79 Å². The first-order valence-corrected chi connectivity index (χ1v) is 6.80. The van der Waals surface area contributed by atoms with Crippen LogP contribution in [0.3, 0.4) is 0 Å². The summed E-state index contributed by atoms with van der Waals surface area (Å²) in [5.41, 5.74) is 6.90. The average molecular weight is 294 g/mol. The molecule has 0 saturated carbocycles. The number of benzene rings is 1. The van der Waals surface area contributed by atoms with Crippen molar-refractivity contribution in [1.29, 1.82) is 0 Å². The van der Waals surface area contributed by atoms with E-state index in [2.05, 4.69) is 5.32 Å². The number of ether oxygens (including phenoxy) is 1. The molecule has 0 aliphatic rings. The molecular weight excluding hydrogens is 272 g/mol. The molecule has 3 atom stereocenters. The molecule has 3 unspecified atom stereocenters. The van der Waals surface area contributed by atoms with Crippen LogP contribution in [-0.2, 0) is 14.3 Å². The Morgan fingerprint density at radius 1 is 1.33 bits per heavy atom. The van der Waals surface area contributed by atoms with E-state index in [4.69, 9.17) is 15.6 Å². The average Bonchev–Trinajstić information content (AvgIpc) is 2.50. The molecular formula is C15H22N2O4. The van der Waals surface area contributed by atoms with Crippen LogP contribution >= 0.6 is 0 Å². The fourth-order valence-electron chi connectivity index (χ4n) is 1.92. The number of carboxylic acid groups (broad SMARTS) is 1. The molecule has 1 aromatic carbocycles. The molecule has 0 fully saturated rings. The third-order valence-corrected chi connectivity index (χ3v) is 3.36. The van der Waals surface area contributed by atoms with Gasteiger partial charge in [-0.25, -0.2) is 4.79 Å². The molecule has 0 bridgehead atoms. The van der Waals surface area contributed by atoms with E-state index in [9.17, 15) is 9.59 Å². The van der Waals surface area contributed by atoms with Gasteiger partial charge in [0.15, 0.2) is 0 Å². The van der Waals surface area contributed by atoms with Crippen molar-refractivity contribution < 1.29 is 19.4 Å². The minimum atomic E-state index is -1.08. The van der Waals surface area contributed by atoms with Crippen LogP contribution in [0.5, 0.6) is 0 Å². The molecule has 0 aliphatic carbocycles. The van der Waals surface area contributed by atoms with Gasteiger partial charge in [-0.1, -0.05) is 37.3 Å². The van der Waals surface area contributed by atoms with E-state index in [-0.39, 0.29) is 18.9 Å².